The summed E-state index contributed by atoms with van der Waals surface area (Å²) >= 11 is 1.58. The Labute approximate surface area is 192 Å². The van der Waals surface area contributed by atoms with Crippen molar-refractivity contribution in [2.75, 3.05) is 37.4 Å². The third-order valence-corrected chi connectivity index (χ3v) is 9.24. The number of sulfone groups is 1. The van der Waals surface area contributed by atoms with Gasteiger partial charge < -0.3 is 4.90 Å². The number of carbonyl (C=O) groups is 1. The van der Waals surface area contributed by atoms with Gasteiger partial charge in [0.15, 0.2) is 9.84 Å². The number of hydrogen-bond acceptors (Lipinski definition) is 6. The minimum absolute atomic E-state index is 0.0321. The molecule has 0 saturated carbocycles. The summed E-state index contributed by atoms with van der Waals surface area (Å²) in [6.45, 7) is 5.23. The monoisotopic (exact) mass is 480 g/mol. The van der Waals surface area contributed by atoms with Gasteiger partial charge in [0, 0.05) is 35.7 Å². The van der Waals surface area contributed by atoms with Crippen molar-refractivity contribution in [2.45, 2.75) is 38.2 Å². The van der Waals surface area contributed by atoms with Crippen molar-refractivity contribution in [3.05, 3.63) is 52.6 Å². The highest BCUT2D eigenvalue weighted by molar-refractivity contribution is 7.99. The highest BCUT2D eigenvalue weighted by atomic mass is 32.2. The van der Waals surface area contributed by atoms with Crippen LogP contribution in [-0.4, -0.2) is 71.3 Å². The predicted molar refractivity (Wildman–Crippen MR) is 124 cm³/mol. The van der Waals surface area contributed by atoms with Crippen LogP contribution in [0.25, 0.3) is 0 Å². The number of hydrogen-bond donors (Lipinski definition) is 0. The molecule has 10 heteroatoms. The van der Waals surface area contributed by atoms with Crippen LogP contribution in [0.3, 0.4) is 0 Å². The lowest BCUT2D eigenvalue weighted by Gasteiger charge is -2.27. The standard InChI is InChI=1S/C22H29FN4O3S2/c1-15-19(16(2)27(24-15)17-8-11-32(29,30)14-17)12-25(3)13-21(28)26-9-10-31-22(26)18-6-4-5-7-20(18)23/h4-7,17,22H,8-14H2,1-3H3/t17-,22+/m1/s1. The van der Waals surface area contributed by atoms with Gasteiger partial charge in [0.1, 0.15) is 11.2 Å². The molecule has 2 aliphatic heterocycles. The van der Waals surface area contributed by atoms with Gasteiger partial charge >= 0.3 is 0 Å². The van der Waals surface area contributed by atoms with Gasteiger partial charge in [-0.1, -0.05) is 18.2 Å². The SMILES string of the molecule is Cc1nn([C@@H]2CCS(=O)(=O)C2)c(C)c1CN(C)CC(=O)N1CCS[C@H]1c1ccccc1F. The van der Waals surface area contributed by atoms with E-state index in [2.05, 4.69) is 5.10 Å². The van der Waals surface area contributed by atoms with Crippen molar-refractivity contribution in [3.8, 4) is 0 Å². The molecule has 3 heterocycles. The number of aromatic nitrogens is 2. The molecule has 0 bridgehead atoms. The van der Waals surface area contributed by atoms with Crippen molar-refractivity contribution < 1.29 is 17.6 Å². The maximum absolute atomic E-state index is 14.3. The molecule has 2 aliphatic rings. The molecule has 174 valence electrons. The van der Waals surface area contributed by atoms with Gasteiger partial charge in [-0.15, -0.1) is 11.8 Å². The number of benzene rings is 1. The Kier molecular flexibility index (Phi) is 6.65. The van der Waals surface area contributed by atoms with Gasteiger partial charge in [-0.2, -0.15) is 5.10 Å². The van der Waals surface area contributed by atoms with Crippen LogP contribution in [0, 0.1) is 19.7 Å². The molecule has 1 amide bonds. The fourth-order valence-electron chi connectivity index (χ4n) is 4.56. The van der Waals surface area contributed by atoms with Crippen molar-refractivity contribution in [3.63, 3.8) is 0 Å². The molecule has 0 unspecified atom stereocenters. The lowest BCUT2D eigenvalue weighted by Crippen LogP contribution is -2.38. The quantitative estimate of drug-likeness (QED) is 0.633. The molecule has 1 aromatic heterocycles. The number of aryl methyl sites for hydroxylation is 1. The van der Waals surface area contributed by atoms with E-state index in [0.29, 0.717) is 25.1 Å². The zero-order valence-electron chi connectivity index (χ0n) is 18.6. The molecular formula is C22H29FN4O3S2. The summed E-state index contributed by atoms with van der Waals surface area (Å²) in [5.74, 6) is 0.800. The van der Waals surface area contributed by atoms with Gasteiger partial charge in [0.2, 0.25) is 5.91 Å². The summed E-state index contributed by atoms with van der Waals surface area (Å²) < 4.78 is 39.9. The van der Waals surface area contributed by atoms with Crippen LogP contribution in [0.4, 0.5) is 4.39 Å². The second kappa shape index (κ2) is 9.15. The minimum atomic E-state index is -2.99. The molecule has 2 saturated heterocycles. The summed E-state index contributed by atoms with van der Waals surface area (Å²) in [6.07, 6.45) is 0.585. The van der Waals surface area contributed by atoms with Gasteiger partial charge in [-0.3, -0.25) is 14.4 Å². The van der Waals surface area contributed by atoms with Crippen molar-refractivity contribution in [1.29, 1.82) is 0 Å². The number of likely N-dealkylation sites (N-methyl/N-ethyl adjacent to an activating group) is 1. The second-order valence-electron chi connectivity index (χ2n) is 8.65. The van der Waals surface area contributed by atoms with Crippen molar-refractivity contribution >= 4 is 27.5 Å². The molecule has 32 heavy (non-hydrogen) atoms. The average Bonchev–Trinajstić information content (AvgIpc) is 3.42. The minimum Gasteiger partial charge on any atom is -0.325 e. The molecule has 0 radical (unpaired) electrons. The van der Waals surface area contributed by atoms with E-state index < -0.39 is 9.84 Å². The highest BCUT2D eigenvalue weighted by Gasteiger charge is 2.34. The van der Waals surface area contributed by atoms with E-state index >= 15 is 0 Å². The first-order valence-electron chi connectivity index (χ1n) is 10.8. The summed E-state index contributed by atoms with van der Waals surface area (Å²) in [7, 11) is -1.11. The molecule has 2 atom stereocenters. The van der Waals surface area contributed by atoms with Crippen LogP contribution in [0.15, 0.2) is 24.3 Å². The number of amides is 1. The third-order valence-electron chi connectivity index (χ3n) is 6.24. The molecule has 0 aliphatic carbocycles. The van der Waals surface area contributed by atoms with Gasteiger partial charge in [0.25, 0.3) is 0 Å². The Bertz CT molecular complexity index is 1120. The molecule has 0 spiro atoms. The number of rotatable bonds is 6. The summed E-state index contributed by atoms with van der Waals surface area (Å²) in [4.78, 5) is 16.8. The second-order valence-corrected chi connectivity index (χ2v) is 12.1. The zero-order valence-corrected chi connectivity index (χ0v) is 20.3. The number of carbonyl (C=O) groups excluding carboxylic acids is 1. The van der Waals surface area contributed by atoms with E-state index in [0.717, 1.165) is 22.7 Å². The van der Waals surface area contributed by atoms with E-state index in [1.54, 1.807) is 34.9 Å². The van der Waals surface area contributed by atoms with E-state index in [-0.39, 0.29) is 41.2 Å². The van der Waals surface area contributed by atoms with Crippen LogP contribution in [0.1, 0.15) is 40.4 Å². The Morgan fingerprint density at radius 2 is 2.06 bits per heavy atom. The number of halogens is 1. The Balaban J connectivity index is 1.43. The van der Waals surface area contributed by atoms with Gasteiger partial charge in [-0.05, 0) is 33.4 Å². The van der Waals surface area contributed by atoms with Gasteiger partial charge in [-0.25, -0.2) is 12.8 Å². The first-order chi connectivity index (χ1) is 15.2. The maximum atomic E-state index is 14.3. The molecule has 1 aromatic carbocycles. The molecule has 4 rings (SSSR count). The molecule has 7 nitrogen and oxygen atoms in total. The lowest BCUT2D eigenvalue weighted by molar-refractivity contribution is -0.132. The predicted octanol–water partition coefficient (Wildman–Crippen LogP) is 2.70. The molecule has 2 fully saturated rings. The molecular weight excluding hydrogens is 451 g/mol. The number of thioether (sulfide) groups is 1. The third kappa shape index (κ3) is 4.72. The topological polar surface area (TPSA) is 75.5 Å². The van der Waals surface area contributed by atoms with Gasteiger partial charge in [0.05, 0.1) is 29.8 Å². The smallest absolute Gasteiger partial charge is 0.237 e. The fraction of sp³-hybridized carbons (Fsp3) is 0.545. The first-order valence-corrected chi connectivity index (χ1v) is 13.6. The normalized spacial score (nSPS) is 22.7. The van der Waals surface area contributed by atoms with E-state index in [4.69, 9.17) is 0 Å². The van der Waals surface area contributed by atoms with Crippen LogP contribution >= 0.6 is 11.8 Å². The van der Waals surface area contributed by atoms with Crippen LogP contribution in [0.5, 0.6) is 0 Å². The molecule has 2 aromatic rings. The highest BCUT2D eigenvalue weighted by Crippen LogP contribution is 2.39. The first kappa shape index (κ1) is 23.3. The van der Waals surface area contributed by atoms with Crippen molar-refractivity contribution in [2.24, 2.45) is 0 Å². The summed E-state index contributed by atoms with van der Waals surface area (Å²) in [6, 6.07) is 6.51. The summed E-state index contributed by atoms with van der Waals surface area (Å²) in [5, 5.41) is 4.32. The average molecular weight is 481 g/mol. The summed E-state index contributed by atoms with van der Waals surface area (Å²) in [5.41, 5.74) is 3.37. The van der Waals surface area contributed by atoms with Crippen LogP contribution in [-0.2, 0) is 21.2 Å². The largest absolute Gasteiger partial charge is 0.325 e. The number of nitrogens with zero attached hydrogens (tertiary/aromatic N) is 4. The lowest BCUT2D eigenvalue weighted by atomic mass is 10.1. The van der Waals surface area contributed by atoms with E-state index in [9.17, 15) is 17.6 Å². The van der Waals surface area contributed by atoms with E-state index in [1.165, 1.54) is 6.07 Å². The Hall–Kier alpha value is -1.91. The van der Waals surface area contributed by atoms with Crippen molar-refractivity contribution in [1.82, 2.24) is 19.6 Å². The molecule has 0 N–H and O–H groups in total. The fourth-order valence-corrected chi connectivity index (χ4v) is 7.55. The maximum Gasteiger partial charge on any atom is 0.237 e. The van der Waals surface area contributed by atoms with E-state index in [1.807, 2.05) is 30.5 Å². The Morgan fingerprint density at radius 3 is 2.75 bits per heavy atom. The van der Waals surface area contributed by atoms with Crippen LogP contribution in [0.2, 0.25) is 0 Å². The Morgan fingerprint density at radius 1 is 1.31 bits per heavy atom. The van der Waals surface area contributed by atoms with Crippen LogP contribution < -0.4 is 0 Å². The zero-order chi connectivity index (χ0) is 23.0.